The molecule has 3 rings (SSSR count). The molecule has 0 saturated carbocycles. The summed E-state index contributed by atoms with van der Waals surface area (Å²) in [6, 6.07) is 16.3. The van der Waals surface area contributed by atoms with E-state index >= 15 is 0 Å². The number of halogens is 1. The van der Waals surface area contributed by atoms with Crippen molar-refractivity contribution in [3.05, 3.63) is 64.8 Å². The number of nitrogens with zero attached hydrogens (tertiary/aromatic N) is 2. The fourth-order valence-electron chi connectivity index (χ4n) is 2.08. The van der Waals surface area contributed by atoms with Gasteiger partial charge in [-0.25, -0.2) is 4.98 Å². The van der Waals surface area contributed by atoms with Gasteiger partial charge in [0.25, 0.3) is 0 Å². The molecule has 0 spiro atoms. The third-order valence-corrected chi connectivity index (χ3v) is 3.71. The molecule has 100 valence electrons. The van der Waals surface area contributed by atoms with Gasteiger partial charge in [0.05, 0.1) is 17.2 Å². The van der Waals surface area contributed by atoms with Crippen molar-refractivity contribution in [3.8, 4) is 0 Å². The van der Waals surface area contributed by atoms with Crippen LogP contribution >= 0.6 is 15.9 Å². The summed E-state index contributed by atoms with van der Waals surface area (Å²) in [6.07, 6.45) is 1.78. The van der Waals surface area contributed by atoms with E-state index in [0.29, 0.717) is 0 Å². The molecule has 0 radical (unpaired) electrons. The highest BCUT2D eigenvalue weighted by Crippen LogP contribution is 2.20. The lowest BCUT2D eigenvalue weighted by molar-refractivity contribution is 0.874. The fourth-order valence-corrected chi connectivity index (χ4v) is 2.35. The lowest BCUT2D eigenvalue weighted by atomic mass is 10.1. The van der Waals surface area contributed by atoms with Crippen LogP contribution in [0, 0.1) is 0 Å². The van der Waals surface area contributed by atoms with Gasteiger partial charge >= 0.3 is 0 Å². The predicted octanol–water partition coefficient (Wildman–Crippen LogP) is 4.57. The number of hydrogen-bond donors (Lipinski definition) is 1. The number of rotatable bonds is 3. The Hall–Kier alpha value is -1.94. The van der Waals surface area contributed by atoms with Gasteiger partial charge in [0, 0.05) is 10.5 Å². The molecule has 1 atom stereocenters. The number of hydrogen-bond acceptors (Lipinski definition) is 3. The first-order valence-corrected chi connectivity index (χ1v) is 7.25. The van der Waals surface area contributed by atoms with Crippen LogP contribution in [0.1, 0.15) is 18.5 Å². The molecule has 4 heteroatoms. The Morgan fingerprint density at radius 3 is 2.45 bits per heavy atom. The number of benzene rings is 2. The summed E-state index contributed by atoms with van der Waals surface area (Å²) in [5.74, 6) is 0.791. The Morgan fingerprint density at radius 1 is 1.00 bits per heavy atom. The monoisotopic (exact) mass is 327 g/mol. The van der Waals surface area contributed by atoms with E-state index in [-0.39, 0.29) is 6.04 Å². The van der Waals surface area contributed by atoms with Crippen LogP contribution in [0.3, 0.4) is 0 Å². The van der Waals surface area contributed by atoms with Gasteiger partial charge in [0.15, 0.2) is 0 Å². The molecule has 1 heterocycles. The maximum Gasteiger partial charge on any atom is 0.145 e. The van der Waals surface area contributed by atoms with Crippen LogP contribution in [-0.2, 0) is 0 Å². The lowest BCUT2D eigenvalue weighted by Crippen LogP contribution is -2.08. The molecular weight excluding hydrogens is 314 g/mol. The molecule has 2 aromatic carbocycles. The van der Waals surface area contributed by atoms with E-state index in [4.69, 9.17) is 0 Å². The highest BCUT2D eigenvalue weighted by atomic mass is 79.9. The number of para-hydroxylation sites is 2. The second kappa shape index (κ2) is 5.59. The van der Waals surface area contributed by atoms with Gasteiger partial charge in [-0.15, -0.1) is 0 Å². The number of aromatic nitrogens is 2. The number of fused-ring (bicyclic) bond motifs is 1. The molecule has 1 unspecified atom stereocenters. The van der Waals surface area contributed by atoms with Gasteiger partial charge in [0.2, 0.25) is 0 Å². The van der Waals surface area contributed by atoms with E-state index in [1.165, 1.54) is 5.56 Å². The van der Waals surface area contributed by atoms with Crippen LogP contribution in [0.15, 0.2) is 59.2 Å². The van der Waals surface area contributed by atoms with Gasteiger partial charge in [-0.1, -0.05) is 40.2 Å². The summed E-state index contributed by atoms with van der Waals surface area (Å²) >= 11 is 3.45. The quantitative estimate of drug-likeness (QED) is 0.765. The Morgan fingerprint density at radius 2 is 1.70 bits per heavy atom. The second-order valence-corrected chi connectivity index (χ2v) is 5.58. The van der Waals surface area contributed by atoms with Crippen LogP contribution in [0.5, 0.6) is 0 Å². The maximum absolute atomic E-state index is 4.58. The maximum atomic E-state index is 4.58. The molecule has 0 bridgehead atoms. The van der Waals surface area contributed by atoms with Crippen molar-refractivity contribution >= 4 is 32.8 Å². The largest absolute Gasteiger partial charge is 0.362 e. The average Bonchev–Trinajstić information content (AvgIpc) is 2.48. The van der Waals surface area contributed by atoms with Gasteiger partial charge < -0.3 is 5.32 Å². The minimum absolute atomic E-state index is 0.179. The van der Waals surface area contributed by atoms with E-state index in [2.05, 4.69) is 50.3 Å². The fraction of sp³-hybridized carbons (Fsp3) is 0.125. The Bertz CT molecular complexity index is 725. The summed E-state index contributed by atoms with van der Waals surface area (Å²) in [4.78, 5) is 8.98. The molecule has 20 heavy (non-hydrogen) atoms. The first kappa shape index (κ1) is 13.1. The summed E-state index contributed by atoms with van der Waals surface area (Å²) in [5.41, 5.74) is 3.03. The van der Waals surface area contributed by atoms with Gasteiger partial charge in [-0.3, -0.25) is 4.98 Å². The smallest absolute Gasteiger partial charge is 0.145 e. The first-order valence-electron chi connectivity index (χ1n) is 6.46. The van der Waals surface area contributed by atoms with Crippen molar-refractivity contribution in [3.63, 3.8) is 0 Å². The minimum Gasteiger partial charge on any atom is -0.362 e. The summed E-state index contributed by atoms with van der Waals surface area (Å²) in [6.45, 7) is 2.11. The third-order valence-electron chi connectivity index (χ3n) is 3.18. The van der Waals surface area contributed by atoms with E-state index < -0.39 is 0 Å². The number of nitrogens with one attached hydrogen (secondary N) is 1. The summed E-state index contributed by atoms with van der Waals surface area (Å²) in [5, 5.41) is 3.38. The Labute approximate surface area is 126 Å². The van der Waals surface area contributed by atoms with Gasteiger partial charge in [-0.2, -0.15) is 0 Å². The van der Waals surface area contributed by atoms with Crippen molar-refractivity contribution in [1.29, 1.82) is 0 Å². The van der Waals surface area contributed by atoms with Crippen LogP contribution in [0.2, 0.25) is 0 Å². The SMILES string of the molecule is CC(Nc1cnc2ccccc2n1)c1ccc(Br)cc1. The highest BCUT2D eigenvalue weighted by molar-refractivity contribution is 9.10. The van der Waals surface area contributed by atoms with E-state index in [1.54, 1.807) is 6.20 Å². The van der Waals surface area contributed by atoms with Crippen LogP contribution in [0.25, 0.3) is 11.0 Å². The first-order chi connectivity index (χ1) is 9.72. The van der Waals surface area contributed by atoms with Crippen molar-refractivity contribution in [2.75, 3.05) is 5.32 Å². The molecule has 1 aromatic heterocycles. The molecule has 0 aliphatic rings. The van der Waals surface area contributed by atoms with E-state index in [9.17, 15) is 0 Å². The van der Waals surface area contributed by atoms with Crippen LogP contribution in [0.4, 0.5) is 5.82 Å². The van der Waals surface area contributed by atoms with Crippen LogP contribution in [-0.4, -0.2) is 9.97 Å². The molecule has 0 aliphatic carbocycles. The topological polar surface area (TPSA) is 37.8 Å². The standard InChI is InChI=1S/C16H14BrN3/c1-11(12-6-8-13(17)9-7-12)19-16-10-18-14-4-2-3-5-15(14)20-16/h2-11H,1H3,(H,19,20). The van der Waals surface area contributed by atoms with Crippen LogP contribution < -0.4 is 5.32 Å². The lowest BCUT2D eigenvalue weighted by Gasteiger charge is -2.15. The normalized spacial score (nSPS) is 12.3. The molecular formula is C16H14BrN3. The average molecular weight is 328 g/mol. The Balaban J connectivity index is 1.83. The molecule has 0 fully saturated rings. The predicted molar refractivity (Wildman–Crippen MR) is 85.7 cm³/mol. The molecule has 0 amide bonds. The van der Waals surface area contributed by atoms with Gasteiger partial charge in [-0.05, 0) is 36.8 Å². The summed E-state index contributed by atoms with van der Waals surface area (Å²) < 4.78 is 1.08. The minimum atomic E-state index is 0.179. The third kappa shape index (κ3) is 2.80. The molecule has 3 nitrogen and oxygen atoms in total. The Kier molecular flexibility index (Phi) is 3.65. The zero-order chi connectivity index (χ0) is 13.9. The van der Waals surface area contributed by atoms with Crippen molar-refractivity contribution < 1.29 is 0 Å². The molecule has 3 aromatic rings. The van der Waals surface area contributed by atoms with Crippen molar-refractivity contribution in [1.82, 2.24) is 9.97 Å². The molecule has 0 aliphatic heterocycles. The zero-order valence-electron chi connectivity index (χ0n) is 11.0. The van der Waals surface area contributed by atoms with E-state index in [1.807, 2.05) is 36.4 Å². The zero-order valence-corrected chi connectivity index (χ0v) is 12.6. The van der Waals surface area contributed by atoms with Crippen molar-refractivity contribution in [2.24, 2.45) is 0 Å². The highest BCUT2D eigenvalue weighted by Gasteiger charge is 2.06. The number of anilines is 1. The van der Waals surface area contributed by atoms with Crippen molar-refractivity contribution in [2.45, 2.75) is 13.0 Å². The van der Waals surface area contributed by atoms with E-state index in [0.717, 1.165) is 21.3 Å². The second-order valence-electron chi connectivity index (χ2n) is 4.66. The molecule has 1 N–H and O–H groups in total. The molecule has 0 saturated heterocycles. The summed E-state index contributed by atoms with van der Waals surface area (Å²) in [7, 11) is 0. The van der Waals surface area contributed by atoms with Gasteiger partial charge in [0.1, 0.15) is 5.82 Å².